The number of likely N-dealkylation sites (tertiary alicyclic amines) is 1. The van der Waals surface area contributed by atoms with E-state index in [4.69, 9.17) is 4.74 Å². The molecule has 1 aliphatic heterocycles. The second-order valence-corrected chi connectivity index (χ2v) is 7.10. The van der Waals surface area contributed by atoms with Gasteiger partial charge < -0.3 is 14.7 Å². The zero-order valence-corrected chi connectivity index (χ0v) is 14.9. The predicted molar refractivity (Wildman–Crippen MR) is 106 cm³/mol. The fourth-order valence-corrected chi connectivity index (χ4v) is 3.85. The molecule has 1 fully saturated rings. The molecule has 1 heterocycles. The number of β-amino-alcohol motifs (C(OH)–C–C–N with tert-alkyl or cyclic N) is 1. The average Bonchev–Trinajstić information content (AvgIpc) is 3.15. The van der Waals surface area contributed by atoms with Crippen molar-refractivity contribution in [3.05, 3.63) is 78.4 Å². The van der Waals surface area contributed by atoms with Crippen LogP contribution in [0.25, 0.3) is 10.8 Å². The molecule has 0 unspecified atom stereocenters. The first-order chi connectivity index (χ1) is 12.8. The van der Waals surface area contributed by atoms with Crippen molar-refractivity contribution in [3.8, 4) is 5.75 Å². The van der Waals surface area contributed by atoms with E-state index in [-0.39, 0.29) is 0 Å². The molecule has 0 saturated carbocycles. The van der Waals surface area contributed by atoms with Crippen molar-refractivity contribution in [2.45, 2.75) is 18.4 Å². The summed E-state index contributed by atoms with van der Waals surface area (Å²) in [6, 6.07) is 24.9. The number of benzene rings is 3. The molecule has 3 aromatic rings. The van der Waals surface area contributed by atoms with E-state index in [9.17, 15) is 5.11 Å². The van der Waals surface area contributed by atoms with Gasteiger partial charge in [-0.1, -0.05) is 66.7 Å². The molecule has 0 radical (unpaired) electrons. The van der Waals surface area contributed by atoms with Gasteiger partial charge in [0.2, 0.25) is 0 Å². The number of aliphatic hydroxyl groups excluding tert-OH is 1. The first kappa shape index (κ1) is 17.1. The minimum Gasteiger partial charge on any atom is -0.490 e. The van der Waals surface area contributed by atoms with Crippen LogP contribution in [-0.2, 0) is 0 Å². The Morgan fingerprint density at radius 2 is 1.73 bits per heavy atom. The maximum absolute atomic E-state index is 10.4. The van der Waals surface area contributed by atoms with E-state index < -0.39 is 6.10 Å². The second-order valence-electron chi connectivity index (χ2n) is 7.10. The molecule has 1 saturated heterocycles. The molecule has 0 amide bonds. The Kier molecular flexibility index (Phi) is 5.19. The zero-order valence-electron chi connectivity index (χ0n) is 14.9. The van der Waals surface area contributed by atoms with Gasteiger partial charge in [-0.25, -0.2) is 0 Å². The van der Waals surface area contributed by atoms with Crippen LogP contribution in [0.5, 0.6) is 5.75 Å². The molecular weight excluding hydrogens is 322 g/mol. The summed E-state index contributed by atoms with van der Waals surface area (Å²) in [6.07, 6.45) is 0.671. The van der Waals surface area contributed by atoms with Gasteiger partial charge in [-0.05, 0) is 35.9 Å². The van der Waals surface area contributed by atoms with Crippen molar-refractivity contribution in [2.75, 3.05) is 26.2 Å². The van der Waals surface area contributed by atoms with Gasteiger partial charge in [0.15, 0.2) is 0 Å². The van der Waals surface area contributed by atoms with E-state index >= 15 is 0 Å². The lowest BCUT2D eigenvalue weighted by molar-refractivity contribution is 0.0760. The number of hydrogen-bond donors (Lipinski definition) is 1. The third kappa shape index (κ3) is 3.90. The number of aliphatic hydroxyl groups is 1. The molecular formula is C23H25NO2. The molecule has 0 aliphatic carbocycles. The molecule has 0 bridgehead atoms. The van der Waals surface area contributed by atoms with E-state index in [1.54, 1.807) is 0 Å². The highest BCUT2D eigenvalue weighted by Crippen LogP contribution is 2.27. The SMILES string of the molecule is O[C@@H](COc1cccc2ccccc12)CN1CC[C@@H](c2ccccc2)C1. The zero-order chi connectivity index (χ0) is 17.8. The smallest absolute Gasteiger partial charge is 0.127 e. The Morgan fingerprint density at radius 1 is 0.962 bits per heavy atom. The number of ether oxygens (including phenoxy) is 1. The Hall–Kier alpha value is -2.36. The van der Waals surface area contributed by atoms with Crippen LogP contribution in [0.3, 0.4) is 0 Å². The van der Waals surface area contributed by atoms with Crippen molar-refractivity contribution in [1.82, 2.24) is 4.90 Å². The number of rotatable bonds is 6. The Balaban J connectivity index is 1.31. The van der Waals surface area contributed by atoms with Gasteiger partial charge in [0.05, 0.1) is 0 Å². The summed E-state index contributed by atoms with van der Waals surface area (Å²) in [5.41, 5.74) is 1.40. The first-order valence-electron chi connectivity index (χ1n) is 9.35. The minimum absolute atomic E-state index is 0.320. The summed E-state index contributed by atoms with van der Waals surface area (Å²) in [4.78, 5) is 2.34. The van der Waals surface area contributed by atoms with Crippen molar-refractivity contribution in [3.63, 3.8) is 0 Å². The molecule has 4 rings (SSSR count). The highest BCUT2D eigenvalue weighted by Gasteiger charge is 2.25. The largest absolute Gasteiger partial charge is 0.490 e. The van der Waals surface area contributed by atoms with Crippen molar-refractivity contribution >= 4 is 10.8 Å². The maximum atomic E-state index is 10.4. The first-order valence-corrected chi connectivity index (χ1v) is 9.35. The quantitative estimate of drug-likeness (QED) is 0.730. The van der Waals surface area contributed by atoms with Crippen molar-refractivity contribution in [2.24, 2.45) is 0 Å². The van der Waals surface area contributed by atoms with Crippen LogP contribution in [0.1, 0.15) is 17.9 Å². The molecule has 26 heavy (non-hydrogen) atoms. The Morgan fingerprint density at radius 3 is 2.62 bits per heavy atom. The Bertz CT molecular complexity index is 844. The second kappa shape index (κ2) is 7.90. The van der Waals surface area contributed by atoms with Gasteiger partial charge in [-0.15, -0.1) is 0 Å². The number of fused-ring (bicyclic) bond motifs is 1. The van der Waals surface area contributed by atoms with Crippen molar-refractivity contribution < 1.29 is 9.84 Å². The molecule has 1 aliphatic rings. The van der Waals surface area contributed by atoms with Crippen LogP contribution < -0.4 is 4.74 Å². The standard InChI is InChI=1S/C23H25NO2/c25-21(16-24-14-13-20(15-24)18-7-2-1-3-8-18)17-26-23-12-6-10-19-9-4-5-11-22(19)23/h1-12,20-21,25H,13-17H2/t20-,21-/m1/s1. The van der Waals surface area contributed by atoms with Gasteiger partial charge in [-0.3, -0.25) is 0 Å². The summed E-state index contributed by atoms with van der Waals surface area (Å²) in [5.74, 6) is 1.41. The highest BCUT2D eigenvalue weighted by molar-refractivity contribution is 5.88. The normalized spacial score (nSPS) is 18.9. The monoisotopic (exact) mass is 347 g/mol. The van der Waals surface area contributed by atoms with Crippen LogP contribution in [0, 0.1) is 0 Å². The molecule has 3 heteroatoms. The van der Waals surface area contributed by atoms with Gasteiger partial charge in [-0.2, -0.15) is 0 Å². The summed E-state index contributed by atoms with van der Waals surface area (Å²) in [5, 5.41) is 12.7. The number of nitrogens with zero attached hydrogens (tertiary/aromatic N) is 1. The predicted octanol–water partition coefficient (Wildman–Crippen LogP) is 4.07. The maximum Gasteiger partial charge on any atom is 0.127 e. The average molecular weight is 347 g/mol. The van der Waals surface area contributed by atoms with Crippen LogP contribution in [-0.4, -0.2) is 42.4 Å². The highest BCUT2D eigenvalue weighted by atomic mass is 16.5. The molecule has 3 aromatic carbocycles. The van der Waals surface area contributed by atoms with E-state index in [0.717, 1.165) is 36.0 Å². The van der Waals surface area contributed by atoms with E-state index in [2.05, 4.69) is 53.4 Å². The third-order valence-electron chi connectivity index (χ3n) is 5.19. The summed E-state index contributed by atoms with van der Waals surface area (Å²) < 4.78 is 5.93. The third-order valence-corrected chi connectivity index (χ3v) is 5.19. The van der Waals surface area contributed by atoms with Crippen molar-refractivity contribution in [1.29, 1.82) is 0 Å². The Labute approximate surface area is 154 Å². The summed E-state index contributed by atoms with van der Waals surface area (Å²) in [6.45, 7) is 3.02. The molecule has 2 atom stereocenters. The van der Waals surface area contributed by atoms with Crippen LogP contribution >= 0.6 is 0 Å². The van der Waals surface area contributed by atoms with E-state index in [1.807, 2.05) is 24.3 Å². The molecule has 1 N–H and O–H groups in total. The van der Waals surface area contributed by atoms with Crippen LogP contribution in [0.2, 0.25) is 0 Å². The molecule has 134 valence electrons. The van der Waals surface area contributed by atoms with Gasteiger partial charge >= 0.3 is 0 Å². The summed E-state index contributed by atoms with van der Waals surface area (Å²) >= 11 is 0. The molecule has 0 spiro atoms. The topological polar surface area (TPSA) is 32.7 Å². The van der Waals surface area contributed by atoms with Gasteiger partial charge in [0.25, 0.3) is 0 Å². The lowest BCUT2D eigenvalue weighted by Gasteiger charge is -2.21. The van der Waals surface area contributed by atoms with E-state index in [0.29, 0.717) is 19.1 Å². The van der Waals surface area contributed by atoms with Gasteiger partial charge in [0.1, 0.15) is 18.5 Å². The fraction of sp³-hybridized carbons (Fsp3) is 0.304. The number of hydrogen-bond acceptors (Lipinski definition) is 3. The molecule has 3 nitrogen and oxygen atoms in total. The minimum atomic E-state index is -0.483. The van der Waals surface area contributed by atoms with Crippen LogP contribution in [0.4, 0.5) is 0 Å². The summed E-state index contributed by atoms with van der Waals surface area (Å²) in [7, 11) is 0. The fourth-order valence-electron chi connectivity index (χ4n) is 3.85. The van der Waals surface area contributed by atoms with Gasteiger partial charge in [0, 0.05) is 18.5 Å². The lowest BCUT2D eigenvalue weighted by Crippen LogP contribution is -2.34. The lowest BCUT2D eigenvalue weighted by atomic mass is 9.99. The van der Waals surface area contributed by atoms with E-state index in [1.165, 1.54) is 5.56 Å². The van der Waals surface area contributed by atoms with Crippen LogP contribution in [0.15, 0.2) is 72.8 Å². The molecule has 0 aromatic heterocycles.